The Labute approximate surface area is 184 Å². The first-order valence-corrected chi connectivity index (χ1v) is 11.1. The van der Waals surface area contributed by atoms with Crippen LogP contribution in [-0.4, -0.2) is 24.1 Å². The number of para-hydroxylation sites is 1. The number of nitrogens with one attached hydrogen (secondary N) is 2. The fourth-order valence-corrected chi connectivity index (χ4v) is 4.24. The molecule has 1 heterocycles. The fraction of sp³-hybridized carbons (Fsp3) is 0. The number of rotatable bonds is 6. The summed E-state index contributed by atoms with van der Waals surface area (Å²) in [7, 11) is -3.92. The minimum atomic E-state index is -3.92. The van der Waals surface area contributed by atoms with Gasteiger partial charge in [0.2, 0.25) is 0 Å². The molecule has 1 amide bonds. The topological polar surface area (TPSA) is 93.1 Å². The Balaban J connectivity index is 1.51. The van der Waals surface area contributed by atoms with Crippen molar-refractivity contribution in [1.82, 2.24) is 9.78 Å². The van der Waals surface area contributed by atoms with Gasteiger partial charge in [-0.2, -0.15) is 5.10 Å². The number of carbonyl (C=O) groups excluding carboxylic acids is 1. The average molecular weight is 453 g/mol. The lowest BCUT2D eigenvalue weighted by atomic mass is 10.2. The van der Waals surface area contributed by atoms with E-state index in [-0.39, 0.29) is 21.2 Å². The lowest BCUT2D eigenvalue weighted by molar-refractivity contribution is 0.102. The second kappa shape index (κ2) is 8.63. The fourth-order valence-electron chi connectivity index (χ4n) is 2.87. The number of nitrogens with zero attached hydrogens (tertiary/aromatic N) is 2. The molecule has 156 valence electrons. The first-order valence-electron chi connectivity index (χ1n) is 9.21. The molecule has 3 aromatic carbocycles. The number of benzene rings is 3. The van der Waals surface area contributed by atoms with E-state index in [2.05, 4.69) is 15.1 Å². The molecule has 0 atom stereocenters. The number of amides is 1. The quantitative estimate of drug-likeness (QED) is 0.448. The molecule has 4 aromatic rings. The zero-order valence-corrected chi connectivity index (χ0v) is 17.6. The predicted octanol–water partition coefficient (Wildman–Crippen LogP) is 4.58. The molecule has 31 heavy (non-hydrogen) atoms. The average Bonchev–Trinajstić information content (AvgIpc) is 3.31. The summed E-state index contributed by atoms with van der Waals surface area (Å²) in [6.45, 7) is 0. The predicted molar refractivity (Wildman–Crippen MR) is 120 cm³/mol. The lowest BCUT2D eigenvalue weighted by Gasteiger charge is -2.11. The van der Waals surface area contributed by atoms with E-state index < -0.39 is 15.9 Å². The van der Waals surface area contributed by atoms with Crippen LogP contribution >= 0.6 is 11.6 Å². The Bertz CT molecular complexity index is 1320. The van der Waals surface area contributed by atoms with E-state index in [1.165, 1.54) is 18.2 Å². The molecule has 0 fully saturated rings. The van der Waals surface area contributed by atoms with E-state index in [4.69, 9.17) is 11.6 Å². The summed E-state index contributed by atoms with van der Waals surface area (Å²) in [5.41, 5.74) is 1.89. The van der Waals surface area contributed by atoms with Gasteiger partial charge in [-0.25, -0.2) is 13.1 Å². The molecule has 0 radical (unpaired) electrons. The van der Waals surface area contributed by atoms with Crippen molar-refractivity contribution >= 4 is 38.9 Å². The minimum Gasteiger partial charge on any atom is -0.322 e. The summed E-state index contributed by atoms with van der Waals surface area (Å²) in [6, 6.07) is 21.2. The van der Waals surface area contributed by atoms with Crippen molar-refractivity contribution in [3.63, 3.8) is 0 Å². The number of aromatic nitrogens is 2. The van der Waals surface area contributed by atoms with Gasteiger partial charge in [0, 0.05) is 23.6 Å². The summed E-state index contributed by atoms with van der Waals surface area (Å²) in [5, 5.41) is 7.19. The first kappa shape index (κ1) is 20.6. The molecule has 0 unspecified atom stereocenters. The van der Waals surface area contributed by atoms with Gasteiger partial charge in [-0.05, 0) is 60.7 Å². The normalized spacial score (nSPS) is 11.1. The zero-order chi connectivity index (χ0) is 21.8. The third kappa shape index (κ3) is 4.76. The van der Waals surface area contributed by atoms with E-state index in [0.29, 0.717) is 5.69 Å². The number of halogens is 1. The number of sulfonamides is 1. The van der Waals surface area contributed by atoms with Gasteiger partial charge in [-0.1, -0.05) is 29.8 Å². The summed E-state index contributed by atoms with van der Waals surface area (Å²) in [5.74, 6) is -0.429. The minimum absolute atomic E-state index is 0.0471. The molecule has 0 saturated heterocycles. The van der Waals surface area contributed by atoms with Crippen molar-refractivity contribution in [2.75, 3.05) is 10.0 Å². The Morgan fingerprint density at radius 2 is 1.71 bits per heavy atom. The van der Waals surface area contributed by atoms with E-state index in [0.717, 1.165) is 5.69 Å². The standard InChI is InChI=1S/C22H17ClN4O3S/c23-20-7-1-2-8-21(20)26-31(29,30)19-6-3-5-16(15-19)22(28)25-17-9-11-18(12-10-17)27-14-4-13-24-27/h1-15,26H,(H,25,28). The van der Waals surface area contributed by atoms with Gasteiger partial charge in [0.15, 0.2) is 0 Å². The van der Waals surface area contributed by atoms with Gasteiger partial charge in [0.05, 0.1) is 21.3 Å². The van der Waals surface area contributed by atoms with Crippen LogP contribution in [0.4, 0.5) is 11.4 Å². The highest BCUT2D eigenvalue weighted by molar-refractivity contribution is 7.92. The summed E-state index contributed by atoms with van der Waals surface area (Å²) >= 11 is 6.04. The second-order valence-corrected chi connectivity index (χ2v) is 8.65. The van der Waals surface area contributed by atoms with Crippen LogP contribution in [0.3, 0.4) is 0 Å². The third-order valence-corrected chi connectivity index (χ3v) is 6.11. The highest BCUT2D eigenvalue weighted by Gasteiger charge is 2.18. The monoisotopic (exact) mass is 452 g/mol. The molecule has 1 aromatic heterocycles. The molecule has 0 spiro atoms. The van der Waals surface area contributed by atoms with Crippen molar-refractivity contribution in [1.29, 1.82) is 0 Å². The van der Waals surface area contributed by atoms with Gasteiger partial charge in [-0.3, -0.25) is 9.52 Å². The van der Waals surface area contributed by atoms with Crippen LogP contribution in [-0.2, 0) is 10.0 Å². The molecule has 7 nitrogen and oxygen atoms in total. The van der Waals surface area contributed by atoms with Crippen LogP contribution in [0.15, 0.2) is 96.2 Å². The molecule has 0 saturated carbocycles. The maximum absolute atomic E-state index is 12.7. The molecule has 9 heteroatoms. The molecule has 2 N–H and O–H groups in total. The highest BCUT2D eigenvalue weighted by atomic mass is 35.5. The zero-order valence-electron chi connectivity index (χ0n) is 16.1. The second-order valence-electron chi connectivity index (χ2n) is 6.56. The van der Waals surface area contributed by atoms with Gasteiger partial charge in [0.1, 0.15) is 0 Å². The molecule has 0 aliphatic heterocycles. The van der Waals surface area contributed by atoms with Crippen molar-refractivity contribution in [2.24, 2.45) is 0 Å². The van der Waals surface area contributed by atoms with E-state index in [1.807, 2.05) is 24.4 Å². The van der Waals surface area contributed by atoms with Crippen LogP contribution < -0.4 is 10.0 Å². The molecule has 0 aliphatic carbocycles. The van der Waals surface area contributed by atoms with E-state index in [9.17, 15) is 13.2 Å². The Morgan fingerprint density at radius 1 is 0.935 bits per heavy atom. The summed E-state index contributed by atoms with van der Waals surface area (Å²) in [4.78, 5) is 12.6. The third-order valence-electron chi connectivity index (χ3n) is 4.42. The van der Waals surface area contributed by atoms with E-state index >= 15 is 0 Å². The van der Waals surface area contributed by atoms with Crippen LogP contribution in [0.25, 0.3) is 5.69 Å². The van der Waals surface area contributed by atoms with Crippen molar-refractivity contribution in [2.45, 2.75) is 4.90 Å². The maximum atomic E-state index is 12.7. The van der Waals surface area contributed by atoms with Crippen LogP contribution in [0.2, 0.25) is 5.02 Å². The van der Waals surface area contributed by atoms with Crippen LogP contribution in [0.5, 0.6) is 0 Å². The van der Waals surface area contributed by atoms with Crippen LogP contribution in [0, 0.1) is 0 Å². The maximum Gasteiger partial charge on any atom is 0.261 e. The first-order chi connectivity index (χ1) is 14.9. The lowest BCUT2D eigenvalue weighted by Crippen LogP contribution is -2.16. The Kier molecular flexibility index (Phi) is 5.75. The van der Waals surface area contributed by atoms with Crippen LogP contribution in [0.1, 0.15) is 10.4 Å². The van der Waals surface area contributed by atoms with Gasteiger partial charge >= 0.3 is 0 Å². The molecule has 0 aliphatic rings. The summed E-state index contributed by atoms with van der Waals surface area (Å²) < 4.78 is 29.6. The van der Waals surface area contributed by atoms with Crippen molar-refractivity contribution < 1.29 is 13.2 Å². The highest BCUT2D eigenvalue weighted by Crippen LogP contribution is 2.24. The van der Waals surface area contributed by atoms with E-state index in [1.54, 1.807) is 53.3 Å². The molecular weight excluding hydrogens is 436 g/mol. The molecule has 4 rings (SSSR count). The van der Waals surface area contributed by atoms with Gasteiger partial charge in [0.25, 0.3) is 15.9 Å². The number of hydrogen-bond acceptors (Lipinski definition) is 4. The molecule has 0 bridgehead atoms. The number of carbonyl (C=O) groups is 1. The Morgan fingerprint density at radius 3 is 2.42 bits per heavy atom. The van der Waals surface area contributed by atoms with Crippen molar-refractivity contribution in [3.05, 3.63) is 102 Å². The van der Waals surface area contributed by atoms with Crippen molar-refractivity contribution in [3.8, 4) is 5.69 Å². The summed E-state index contributed by atoms with van der Waals surface area (Å²) in [6.07, 6.45) is 3.49. The van der Waals surface area contributed by atoms with Gasteiger partial charge in [-0.15, -0.1) is 0 Å². The number of anilines is 2. The molecular formula is C22H17ClN4O3S. The van der Waals surface area contributed by atoms with Gasteiger partial charge < -0.3 is 5.32 Å². The SMILES string of the molecule is O=C(Nc1ccc(-n2cccn2)cc1)c1cccc(S(=O)(=O)Nc2ccccc2Cl)c1. The number of hydrogen-bond donors (Lipinski definition) is 2. The Hall–Kier alpha value is -3.62. The largest absolute Gasteiger partial charge is 0.322 e. The smallest absolute Gasteiger partial charge is 0.261 e.